The summed E-state index contributed by atoms with van der Waals surface area (Å²) in [4.78, 5) is 4.45. The van der Waals surface area contributed by atoms with Crippen molar-refractivity contribution in [3.05, 3.63) is 76.3 Å². The molecule has 2 aromatic carbocycles. The number of nitrogens with zero attached hydrogens (tertiary/aromatic N) is 4. The van der Waals surface area contributed by atoms with Crippen LogP contribution in [0.25, 0.3) is 11.1 Å². The molecule has 0 aliphatic rings. The SMILES string of the molecule is CCCCc1nc(Cl)c(CO)n1Cc1ccc(-c2ccccc2C(=[NH2+])N=NN)cc1. The summed E-state index contributed by atoms with van der Waals surface area (Å²) in [6, 6.07) is 15.9. The highest BCUT2D eigenvalue weighted by Gasteiger charge is 2.17. The molecule has 7 nitrogen and oxygen atoms in total. The van der Waals surface area contributed by atoms with Crippen LogP contribution < -0.4 is 11.3 Å². The van der Waals surface area contributed by atoms with Gasteiger partial charge in [0, 0.05) is 18.2 Å². The third kappa shape index (κ3) is 4.75. The van der Waals surface area contributed by atoms with Gasteiger partial charge in [-0.3, -0.25) is 11.3 Å². The largest absolute Gasteiger partial charge is 0.390 e. The molecule has 3 rings (SSSR count). The van der Waals surface area contributed by atoms with Gasteiger partial charge in [0.05, 0.1) is 23.0 Å². The van der Waals surface area contributed by atoms with Gasteiger partial charge < -0.3 is 9.67 Å². The Hall–Kier alpha value is -3.03. The van der Waals surface area contributed by atoms with Gasteiger partial charge in [0.15, 0.2) is 5.15 Å². The molecule has 5 N–H and O–H groups in total. The molecule has 0 unspecified atom stereocenters. The minimum atomic E-state index is -0.145. The molecule has 1 heterocycles. The fourth-order valence-electron chi connectivity index (χ4n) is 3.41. The van der Waals surface area contributed by atoms with Crippen molar-refractivity contribution in [3.8, 4) is 11.1 Å². The zero-order valence-electron chi connectivity index (χ0n) is 16.9. The van der Waals surface area contributed by atoms with Crippen LogP contribution >= 0.6 is 11.6 Å². The van der Waals surface area contributed by atoms with Crippen molar-refractivity contribution in [1.29, 1.82) is 0 Å². The van der Waals surface area contributed by atoms with E-state index in [9.17, 15) is 5.11 Å². The molecule has 0 aliphatic carbocycles. The monoisotopic (exact) mass is 425 g/mol. The minimum absolute atomic E-state index is 0.145. The highest BCUT2D eigenvalue weighted by atomic mass is 35.5. The lowest BCUT2D eigenvalue weighted by atomic mass is 9.98. The highest BCUT2D eigenvalue weighted by molar-refractivity contribution is 6.30. The van der Waals surface area contributed by atoms with E-state index < -0.39 is 0 Å². The van der Waals surface area contributed by atoms with Gasteiger partial charge in [-0.1, -0.05) is 67.4 Å². The second-order valence-corrected chi connectivity index (χ2v) is 7.31. The Kier molecular flexibility index (Phi) is 7.32. The molecule has 30 heavy (non-hydrogen) atoms. The molecular formula is C22H26ClN6O+. The van der Waals surface area contributed by atoms with E-state index in [1.54, 1.807) is 0 Å². The second kappa shape index (κ2) is 10.1. The zero-order valence-corrected chi connectivity index (χ0v) is 17.7. The number of halogens is 1. The third-order valence-corrected chi connectivity index (χ3v) is 5.28. The number of nitrogens with two attached hydrogens (primary N) is 2. The maximum absolute atomic E-state index is 9.75. The number of aliphatic hydroxyl groups is 1. The number of unbranched alkanes of at least 4 members (excludes halogenated alkanes) is 1. The van der Waals surface area contributed by atoms with Crippen molar-refractivity contribution < 1.29 is 10.5 Å². The maximum atomic E-state index is 9.75. The van der Waals surface area contributed by atoms with Gasteiger partial charge in [-0.15, -0.1) is 0 Å². The van der Waals surface area contributed by atoms with Gasteiger partial charge >= 0.3 is 5.84 Å². The van der Waals surface area contributed by atoms with Gasteiger partial charge in [-0.05, 0) is 29.2 Å². The number of aliphatic hydroxyl groups excluding tert-OH is 1. The first-order valence-electron chi connectivity index (χ1n) is 9.85. The van der Waals surface area contributed by atoms with E-state index >= 15 is 0 Å². The predicted octanol–water partition coefficient (Wildman–Crippen LogP) is 2.92. The van der Waals surface area contributed by atoms with E-state index in [0.717, 1.165) is 47.3 Å². The molecule has 0 bridgehead atoms. The van der Waals surface area contributed by atoms with Crippen LogP contribution in [0.2, 0.25) is 5.15 Å². The van der Waals surface area contributed by atoms with E-state index in [4.69, 9.17) is 22.9 Å². The Morgan fingerprint density at radius 3 is 2.60 bits per heavy atom. The normalized spacial score (nSPS) is 11.3. The number of aromatic nitrogens is 2. The van der Waals surface area contributed by atoms with E-state index in [1.807, 2.05) is 53.1 Å². The lowest BCUT2D eigenvalue weighted by Gasteiger charge is -2.12. The molecular weight excluding hydrogens is 400 g/mol. The first kappa shape index (κ1) is 21.7. The molecule has 0 saturated heterocycles. The average molecular weight is 426 g/mol. The topological polar surface area (TPSA) is 114 Å². The van der Waals surface area contributed by atoms with Crippen molar-refractivity contribution in [2.24, 2.45) is 16.2 Å². The van der Waals surface area contributed by atoms with Gasteiger partial charge in [0.2, 0.25) is 0 Å². The molecule has 156 valence electrons. The Balaban J connectivity index is 1.89. The standard InChI is InChI=1S/C22H25ClN6O/c1-2-3-8-20-26-21(23)19(14-30)29(20)13-15-9-11-16(12-10-15)17-6-4-5-7-18(17)22(24)27-28-25/h4-7,9-12,30H,2-3,8,13-14H2,1H3,(H3,24,25,27)/p+1. The van der Waals surface area contributed by atoms with E-state index in [-0.39, 0.29) is 12.4 Å². The van der Waals surface area contributed by atoms with Gasteiger partial charge in [0.1, 0.15) is 5.82 Å². The van der Waals surface area contributed by atoms with E-state index in [2.05, 4.69) is 22.2 Å². The fourth-order valence-corrected chi connectivity index (χ4v) is 3.67. The first-order chi connectivity index (χ1) is 14.6. The summed E-state index contributed by atoms with van der Waals surface area (Å²) >= 11 is 6.24. The molecule has 0 atom stereocenters. The molecule has 0 fully saturated rings. The Morgan fingerprint density at radius 1 is 1.20 bits per heavy atom. The number of amidine groups is 1. The van der Waals surface area contributed by atoms with Crippen molar-refractivity contribution >= 4 is 17.4 Å². The number of imidazole rings is 1. The smallest absolute Gasteiger partial charge is 0.351 e. The molecule has 0 aliphatic heterocycles. The van der Waals surface area contributed by atoms with Crippen LogP contribution in [0, 0.1) is 0 Å². The van der Waals surface area contributed by atoms with Crippen LogP contribution in [-0.2, 0) is 19.6 Å². The maximum Gasteiger partial charge on any atom is 0.351 e. The predicted molar refractivity (Wildman–Crippen MR) is 118 cm³/mol. The second-order valence-electron chi connectivity index (χ2n) is 6.96. The zero-order chi connectivity index (χ0) is 21.5. The summed E-state index contributed by atoms with van der Waals surface area (Å²) in [5, 5.41) is 23.2. The lowest BCUT2D eigenvalue weighted by molar-refractivity contribution is -0.114. The Labute approximate surface area is 180 Å². The molecule has 0 saturated carbocycles. The van der Waals surface area contributed by atoms with Crippen LogP contribution in [0.3, 0.4) is 0 Å². The molecule has 0 spiro atoms. The Bertz CT molecular complexity index is 1040. The van der Waals surface area contributed by atoms with Crippen LogP contribution in [0.1, 0.15) is 42.4 Å². The van der Waals surface area contributed by atoms with Crippen LogP contribution in [0.4, 0.5) is 0 Å². The Morgan fingerprint density at radius 2 is 1.93 bits per heavy atom. The molecule has 3 aromatic rings. The van der Waals surface area contributed by atoms with Crippen molar-refractivity contribution in [1.82, 2.24) is 9.55 Å². The summed E-state index contributed by atoms with van der Waals surface area (Å²) in [7, 11) is 0. The van der Waals surface area contributed by atoms with E-state index in [0.29, 0.717) is 17.4 Å². The number of hydrogen-bond acceptors (Lipinski definition) is 3. The van der Waals surface area contributed by atoms with E-state index in [1.165, 1.54) is 0 Å². The summed E-state index contributed by atoms with van der Waals surface area (Å²) in [6.07, 6.45) is 2.91. The fraction of sp³-hybridized carbons (Fsp3) is 0.273. The minimum Gasteiger partial charge on any atom is -0.390 e. The first-order valence-corrected chi connectivity index (χ1v) is 10.2. The van der Waals surface area contributed by atoms with Gasteiger partial charge in [-0.2, -0.15) is 0 Å². The summed E-state index contributed by atoms with van der Waals surface area (Å²) < 4.78 is 2.01. The van der Waals surface area contributed by atoms with Crippen molar-refractivity contribution in [3.63, 3.8) is 0 Å². The lowest BCUT2D eigenvalue weighted by Crippen LogP contribution is -2.39. The number of aryl methyl sites for hydroxylation is 1. The number of hydrogen-bond donors (Lipinski definition) is 3. The van der Waals surface area contributed by atoms with Crippen LogP contribution in [-0.4, -0.2) is 20.5 Å². The average Bonchev–Trinajstić information content (AvgIpc) is 3.06. The summed E-state index contributed by atoms with van der Waals surface area (Å²) in [5.41, 5.74) is 4.44. The molecule has 8 heteroatoms. The quantitative estimate of drug-likeness (QED) is 0.169. The molecule has 1 aromatic heterocycles. The highest BCUT2D eigenvalue weighted by Crippen LogP contribution is 2.26. The molecule has 0 amide bonds. The van der Waals surface area contributed by atoms with Gasteiger partial charge in [-0.25, -0.2) is 4.98 Å². The molecule has 0 radical (unpaired) electrons. The van der Waals surface area contributed by atoms with Crippen molar-refractivity contribution in [2.45, 2.75) is 39.3 Å². The summed E-state index contributed by atoms with van der Waals surface area (Å²) in [5.74, 6) is 6.30. The summed E-state index contributed by atoms with van der Waals surface area (Å²) in [6.45, 7) is 2.58. The number of benzene rings is 2. The van der Waals surface area contributed by atoms with Crippen molar-refractivity contribution in [2.75, 3.05) is 0 Å². The number of rotatable bonds is 8. The van der Waals surface area contributed by atoms with Crippen LogP contribution in [0.15, 0.2) is 58.9 Å². The van der Waals surface area contributed by atoms with Crippen LogP contribution in [0.5, 0.6) is 0 Å². The van der Waals surface area contributed by atoms with Gasteiger partial charge in [0.25, 0.3) is 0 Å². The third-order valence-electron chi connectivity index (χ3n) is 4.98.